The van der Waals surface area contributed by atoms with E-state index in [1.54, 1.807) is 11.3 Å². The molecule has 1 heterocycles. The zero-order chi connectivity index (χ0) is 11.8. The number of hydrogen-bond acceptors (Lipinski definition) is 3. The van der Waals surface area contributed by atoms with Gasteiger partial charge in [0.1, 0.15) is 0 Å². The first-order valence-corrected chi connectivity index (χ1v) is 7.15. The average Bonchev–Trinajstić information content (AvgIpc) is 2.82. The van der Waals surface area contributed by atoms with Crippen molar-refractivity contribution in [3.05, 3.63) is 22.4 Å². The van der Waals surface area contributed by atoms with E-state index in [-0.39, 0.29) is 6.10 Å². The molecule has 3 heteroatoms. The average molecular weight is 241 g/mol. The molecule has 2 N–H and O–H groups in total. The van der Waals surface area contributed by atoms with Gasteiger partial charge < -0.3 is 10.4 Å². The van der Waals surface area contributed by atoms with E-state index in [2.05, 4.69) is 19.2 Å². The van der Waals surface area contributed by atoms with Gasteiger partial charge in [0.2, 0.25) is 0 Å². The van der Waals surface area contributed by atoms with Crippen LogP contribution in [0.2, 0.25) is 0 Å². The van der Waals surface area contributed by atoms with Gasteiger partial charge in [-0.2, -0.15) is 11.3 Å². The summed E-state index contributed by atoms with van der Waals surface area (Å²) < 4.78 is 0. The fraction of sp³-hybridized carbons (Fsp3) is 0.692. The quantitative estimate of drug-likeness (QED) is 0.731. The van der Waals surface area contributed by atoms with Gasteiger partial charge in [0.05, 0.1) is 6.10 Å². The molecule has 0 bridgehead atoms. The van der Waals surface area contributed by atoms with Crippen LogP contribution in [-0.2, 0) is 0 Å². The first-order chi connectivity index (χ1) is 7.77. The second kappa shape index (κ2) is 7.82. The Labute approximate surface area is 103 Å². The van der Waals surface area contributed by atoms with Gasteiger partial charge in [-0.05, 0) is 35.2 Å². The summed E-state index contributed by atoms with van der Waals surface area (Å²) in [5.74, 6) is 0. The van der Waals surface area contributed by atoms with Gasteiger partial charge in [-0.25, -0.2) is 0 Å². The molecule has 16 heavy (non-hydrogen) atoms. The van der Waals surface area contributed by atoms with Crippen LogP contribution in [-0.4, -0.2) is 17.7 Å². The maximum atomic E-state index is 9.92. The van der Waals surface area contributed by atoms with Crippen LogP contribution >= 0.6 is 11.3 Å². The van der Waals surface area contributed by atoms with Crippen molar-refractivity contribution in [3.8, 4) is 0 Å². The predicted octanol–water partition coefficient (Wildman–Crippen LogP) is 3.34. The molecule has 0 radical (unpaired) electrons. The Morgan fingerprint density at radius 3 is 2.81 bits per heavy atom. The maximum absolute atomic E-state index is 9.92. The van der Waals surface area contributed by atoms with Gasteiger partial charge in [-0.1, -0.05) is 26.7 Å². The molecule has 0 spiro atoms. The molecule has 1 aromatic heterocycles. The van der Waals surface area contributed by atoms with Crippen molar-refractivity contribution in [2.45, 2.75) is 51.7 Å². The van der Waals surface area contributed by atoms with Gasteiger partial charge in [0.25, 0.3) is 0 Å². The van der Waals surface area contributed by atoms with Crippen molar-refractivity contribution in [2.24, 2.45) is 0 Å². The number of hydrogen-bond donors (Lipinski definition) is 2. The van der Waals surface area contributed by atoms with E-state index in [0.717, 1.165) is 12.0 Å². The van der Waals surface area contributed by atoms with Crippen LogP contribution in [0.1, 0.15) is 51.2 Å². The molecule has 2 unspecified atom stereocenters. The van der Waals surface area contributed by atoms with Crippen molar-refractivity contribution in [2.75, 3.05) is 6.54 Å². The van der Waals surface area contributed by atoms with Gasteiger partial charge in [-0.3, -0.25) is 0 Å². The van der Waals surface area contributed by atoms with Gasteiger partial charge in [0.15, 0.2) is 0 Å². The third kappa shape index (κ3) is 4.64. The van der Waals surface area contributed by atoms with Gasteiger partial charge >= 0.3 is 0 Å². The molecule has 1 rings (SSSR count). The Morgan fingerprint density at radius 2 is 2.25 bits per heavy atom. The zero-order valence-electron chi connectivity index (χ0n) is 10.3. The molecule has 0 amide bonds. The summed E-state index contributed by atoms with van der Waals surface area (Å²) >= 11 is 1.63. The van der Waals surface area contributed by atoms with Gasteiger partial charge in [0, 0.05) is 12.6 Å². The molecule has 0 aromatic carbocycles. The fourth-order valence-electron chi connectivity index (χ4n) is 1.76. The van der Waals surface area contributed by atoms with E-state index in [4.69, 9.17) is 0 Å². The van der Waals surface area contributed by atoms with E-state index in [0.29, 0.717) is 12.6 Å². The van der Waals surface area contributed by atoms with E-state index in [1.807, 2.05) is 16.8 Å². The lowest BCUT2D eigenvalue weighted by Crippen LogP contribution is -2.32. The lowest BCUT2D eigenvalue weighted by molar-refractivity contribution is 0.168. The summed E-state index contributed by atoms with van der Waals surface area (Å²) in [4.78, 5) is 0. The van der Waals surface area contributed by atoms with E-state index in [1.165, 1.54) is 19.3 Å². The summed E-state index contributed by atoms with van der Waals surface area (Å²) in [5.41, 5.74) is 1.03. The fourth-order valence-corrected chi connectivity index (χ4v) is 2.47. The highest BCUT2D eigenvalue weighted by molar-refractivity contribution is 7.07. The van der Waals surface area contributed by atoms with E-state index < -0.39 is 0 Å². The molecule has 0 aliphatic rings. The molecule has 0 saturated carbocycles. The Bertz CT molecular complexity index is 261. The summed E-state index contributed by atoms with van der Waals surface area (Å²) in [5, 5.41) is 17.4. The van der Waals surface area contributed by atoms with Crippen molar-refractivity contribution < 1.29 is 5.11 Å². The maximum Gasteiger partial charge on any atom is 0.0922 e. The molecule has 0 aliphatic heterocycles. The number of thiophene rings is 1. The third-order valence-electron chi connectivity index (χ3n) is 2.93. The van der Waals surface area contributed by atoms with Crippen LogP contribution in [0.25, 0.3) is 0 Å². The second-order valence-corrected chi connectivity index (χ2v) is 5.01. The van der Waals surface area contributed by atoms with Crippen molar-refractivity contribution in [1.29, 1.82) is 0 Å². The highest BCUT2D eigenvalue weighted by Gasteiger charge is 2.10. The predicted molar refractivity (Wildman–Crippen MR) is 70.9 cm³/mol. The SMILES string of the molecule is CCCCC(CC)NCC(O)c1ccsc1. The molecule has 0 fully saturated rings. The first-order valence-electron chi connectivity index (χ1n) is 6.21. The van der Waals surface area contributed by atoms with Crippen LogP contribution in [0.4, 0.5) is 0 Å². The van der Waals surface area contributed by atoms with E-state index >= 15 is 0 Å². The second-order valence-electron chi connectivity index (χ2n) is 4.23. The third-order valence-corrected chi connectivity index (χ3v) is 3.63. The number of nitrogens with one attached hydrogen (secondary N) is 1. The molecular weight excluding hydrogens is 218 g/mol. The number of rotatable bonds is 8. The first kappa shape index (κ1) is 13.7. The van der Waals surface area contributed by atoms with Crippen molar-refractivity contribution in [3.63, 3.8) is 0 Å². The summed E-state index contributed by atoms with van der Waals surface area (Å²) in [6.07, 6.45) is 4.49. The molecular formula is C13H23NOS. The van der Waals surface area contributed by atoms with Crippen LogP contribution < -0.4 is 5.32 Å². The van der Waals surface area contributed by atoms with Crippen LogP contribution in [0.5, 0.6) is 0 Å². The van der Waals surface area contributed by atoms with Crippen LogP contribution in [0, 0.1) is 0 Å². The number of aliphatic hydroxyl groups is 1. The zero-order valence-corrected chi connectivity index (χ0v) is 11.1. The van der Waals surface area contributed by atoms with Crippen LogP contribution in [0.3, 0.4) is 0 Å². The highest BCUT2D eigenvalue weighted by atomic mass is 32.1. The monoisotopic (exact) mass is 241 g/mol. The Balaban J connectivity index is 2.26. The summed E-state index contributed by atoms with van der Waals surface area (Å²) in [7, 11) is 0. The number of unbranched alkanes of at least 4 members (excludes halogenated alkanes) is 1. The largest absolute Gasteiger partial charge is 0.387 e. The summed E-state index contributed by atoms with van der Waals surface area (Å²) in [6.45, 7) is 5.08. The van der Waals surface area contributed by atoms with E-state index in [9.17, 15) is 5.11 Å². The lowest BCUT2D eigenvalue weighted by atomic mass is 10.1. The smallest absolute Gasteiger partial charge is 0.0922 e. The molecule has 2 nitrogen and oxygen atoms in total. The van der Waals surface area contributed by atoms with Crippen molar-refractivity contribution >= 4 is 11.3 Å². The lowest BCUT2D eigenvalue weighted by Gasteiger charge is -2.18. The topological polar surface area (TPSA) is 32.3 Å². The number of aliphatic hydroxyl groups excluding tert-OH is 1. The molecule has 0 aliphatic carbocycles. The summed E-state index contributed by atoms with van der Waals surface area (Å²) in [6, 6.07) is 2.54. The van der Waals surface area contributed by atoms with Gasteiger partial charge in [-0.15, -0.1) is 0 Å². The Hall–Kier alpha value is -0.380. The standard InChI is InChI=1S/C13H23NOS/c1-3-5-6-12(4-2)14-9-13(15)11-7-8-16-10-11/h7-8,10,12-15H,3-6,9H2,1-2H3. The minimum atomic E-state index is -0.359. The Kier molecular flexibility index (Phi) is 6.69. The minimum Gasteiger partial charge on any atom is -0.387 e. The molecule has 1 aromatic rings. The van der Waals surface area contributed by atoms with Crippen LogP contribution in [0.15, 0.2) is 16.8 Å². The molecule has 92 valence electrons. The molecule has 2 atom stereocenters. The highest BCUT2D eigenvalue weighted by Crippen LogP contribution is 2.15. The minimum absolute atomic E-state index is 0.359. The molecule has 0 saturated heterocycles. The normalized spacial score (nSPS) is 14.9. The Morgan fingerprint density at radius 1 is 1.44 bits per heavy atom. The van der Waals surface area contributed by atoms with Crippen molar-refractivity contribution in [1.82, 2.24) is 5.32 Å².